The Morgan fingerprint density at radius 3 is 2.50 bits per heavy atom. The first-order valence-electron chi connectivity index (χ1n) is 10.3. The van der Waals surface area contributed by atoms with E-state index in [1.807, 2.05) is 17.9 Å². The van der Waals surface area contributed by atoms with Gasteiger partial charge in [-0.15, -0.1) is 0 Å². The molecule has 0 atom stereocenters. The first kappa shape index (κ1) is 18.7. The fourth-order valence-corrected chi connectivity index (χ4v) is 4.32. The van der Waals surface area contributed by atoms with Crippen molar-refractivity contribution in [1.29, 1.82) is 0 Å². The Balaban J connectivity index is 1.93. The number of fused-ring (bicyclic) bond motifs is 4. The third-order valence-electron chi connectivity index (χ3n) is 6.15. The molecule has 30 heavy (non-hydrogen) atoms. The lowest BCUT2D eigenvalue weighted by molar-refractivity contribution is -0.662. The van der Waals surface area contributed by atoms with E-state index in [0.717, 1.165) is 44.1 Å². The first-order chi connectivity index (χ1) is 14.3. The number of hydrogen-bond acceptors (Lipinski definition) is 2. The molecule has 2 heterocycles. The van der Waals surface area contributed by atoms with Gasteiger partial charge < -0.3 is 4.42 Å². The van der Waals surface area contributed by atoms with Crippen LogP contribution in [0.2, 0.25) is 0 Å². The van der Waals surface area contributed by atoms with E-state index in [4.69, 9.17) is 4.42 Å². The highest BCUT2D eigenvalue weighted by atomic mass is 19.1. The second-order valence-electron chi connectivity index (χ2n) is 8.45. The van der Waals surface area contributed by atoms with Crippen LogP contribution in [0.3, 0.4) is 0 Å². The number of halogens is 1. The molecule has 2 aromatic heterocycles. The molecule has 5 rings (SSSR count). The minimum Gasteiger partial charge on any atom is -0.455 e. The van der Waals surface area contributed by atoms with E-state index in [9.17, 15) is 4.39 Å². The van der Waals surface area contributed by atoms with Crippen LogP contribution in [0.15, 0.2) is 53.2 Å². The summed E-state index contributed by atoms with van der Waals surface area (Å²) in [5.41, 5.74) is 8.00. The van der Waals surface area contributed by atoms with Crippen LogP contribution in [0.4, 0.5) is 4.39 Å². The molecule has 4 heteroatoms. The predicted octanol–water partition coefficient (Wildman–Crippen LogP) is 6.51. The molecule has 3 nitrogen and oxygen atoms in total. The largest absolute Gasteiger partial charge is 0.455 e. The van der Waals surface area contributed by atoms with E-state index in [-0.39, 0.29) is 5.82 Å². The monoisotopic (exact) mass is 399 g/mol. The molecule has 0 aliphatic rings. The number of hydrogen-bond donors (Lipinski definition) is 0. The van der Waals surface area contributed by atoms with Crippen molar-refractivity contribution in [2.45, 2.75) is 33.6 Å². The Morgan fingerprint density at radius 1 is 0.967 bits per heavy atom. The highest BCUT2D eigenvalue weighted by Gasteiger charge is 2.24. The maximum Gasteiger partial charge on any atom is 0.287 e. The number of furan rings is 1. The van der Waals surface area contributed by atoms with Gasteiger partial charge >= 0.3 is 0 Å². The van der Waals surface area contributed by atoms with Crippen molar-refractivity contribution in [1.82, 2.24) is 4.98 Å². The topological polar surface area (TPSA) is 29.9 Å². The fraction of sp³-hybridized carbons (Fsp3) is 0.231. The summed E-state index contributed by atoms with van der Waals surface area (Å²) in [6.45, 7) is 8.60. The normalized spacial score (nSPS) is 12.0. The molecule has 0 unspecified atom stereocenters. The molecule has 0 bridgehead atoms. The van der Waals surface area contributed by atoms with Crippen molar-refractivity contribution in [2.75, 3.05) is 0 Å². The van der Waals surface area contributed by atoms with Crippen LogP contribution in [0.5, 0.6) is 0 Å². The van der Waals surface area contributed by atoms with Crippen LogP contribution in [0.1, 0.15) is 36.5 Å². The summed E-state index contributed by atoms with van der Waals surface area (Å²) in [6, 6.07) is 13.4. The van der Waals surface area contributed by atoms with Crippen molar-refractivity contribution in [3.05, 3.63) is 71.3 Å². The van der Waals surface area contributed by atoms with Crippen LogP contribution >= 0.6 is 0 Å². The minimum absolute atomic E-state index is 0.294. The van der Waals surface area contributed by atoms with Gasteiger partial charge in [0.2, 0.25) is 0 Å². The molecular formula is C26H24FN2O+. The van der Waals surface area contributed by atoms with Gasteiger partial charge in [-0.25, -0.2) is 8.96 Å². The molecule has 0 radical (unpaired) electrons. The maximum absolute atomic E-state index is 13.9. The summed E-state index contributed by atoms with van der Waals surface area (Å²) in [5, 5.41) is 3.01. The van der Waals surface area contributed by atoms with Gasteiger partial charge in [0.05, 0.1) is 18.0 Å². The second kappa shape index (κ2) is 6.63. The van der Waals surface area contributed by atoms with Gasteiger partial charge in [-0.1, -0.05) is 19.9 Å². The highest BCUT2D eigenvalue weighted by Crippen LogP contribution is 2.40. The number of benzene rings is 3. The quantitative estimate of drug-likeness (QED) is 0.317. The fourth-order valence-electron chi connectivity index (χ4n) is 4.32. The Morgan fingerprint density at radius 2 is 1.73 bits per heavy atom. The Bertz CT molecular complexity index is 1460. The van der Waals surface area contributed by atoms with Crippen molar-refractivity contribution in [3.8, 4) is 11.3 Å². The van der Waals surface area contributed by atoms with Crippen LogP contribution in [-0.4, -0.2) is 4.98 Å². The van der Waals surface area contributed by atoms with Gasteiger partial charge in [-0.05, 0) is 71.8 Å². The third kappa shape index (κ3) is 2.71. The van der Waals surface area contributed by atoms with E-state index < -0.39 is 0 Å². The minimum atomic E-state index is -0.294. The molecule has 5 aromatic rings. The van der Waals surface area contributed by atoms with Gasteiger partial charge in [0, 0.05) is 16.8 Å². The third-order valence-corrected chi connectivity index (χ3v) is 6.15. The molecular weight excluding hydrogens is 375 g/mol. The molecule has 3 aromatic carbocycles. The molecule has 0 aliphatic heterocycles. The van der Waals surface area contributed by atoms with E-state index in [0.29, 0.717) is 11.5 Å². The Labute approximate surface area is 174 Å². The molecule has 0 saturated heterocycles. The Kier molecular flexibility index (Phi) is 4.14. The zero-order valence-electron chi connectivity index (χ0n) is 17.9. The first-order valence-corrected chi connectivity index (χ1v) is 10.3. The highest BCUT2D eigenvalue weighted by molar-refractivity contribution is 6.12. The summed E-state index contributed by atoms with van der Waals surface area (Å²) in [6.07, 6.45) is 1.86. The average molecular weight is 399 g/mol. The van der Waals surface area contributed by atoms with E-state index in [2.05, 4.69) is 56.9 Å². The standard InChI is InChI=1S/C26H24FN2O/c1-14(2)17-6-8-20-22(11-17)28-13-29(5)25(20)24-16(4)15(3)10-21-19-9-7-18(27)12-23(19)30-26(21)24/h6-14H,1-5H3/q+1. The molecule has 0 aliphatic carbocycles. The van der Waals surface area contributed by atoms with Gasteiger partial charge in [0.1, 0.15) is 22.7 Å². The van der Waals surface area contributed by atoms with E-state index in [1.54, 1.807) is 6.07 Å². The predicted molar refractivity (Wildman–Crippen MR) is 119 cm³/mol. The average Bonchev–Trinajstić information content (AvgIpc) is 3.06. The Hall–Kier alpha value is -3.27. The number of rotatable bonds is 2. The smallest absolute Gasteiger partial charge is 0.287 e. The van der Waals surface area contributed by atoms with Crippen LogP contribution in [0.25, 0.3) is 44.1 Å². The molecule has 0 N–H and O–H groups in total. The van der Waals surface area contributed by atoms with E-state index in [1.165, 1.54) is 23.3 Å². The lowest BCUT2D eigenvalue weighted by Crippen LogP contribution is -2.32. The zero-order valence-corrected chi connectivity index (χ0v) is 17.9. The van der Waals surface area contributed by atoms with Gasteiger partial charge in [0.25, 0.3) is 6.33 Å². The molecule has 150 valence electrons. The van der Waals surface area contributed by atoms with Crippen LogP contribution in [-0.2, 0) is 7.05 Å². The maximum atomic E-state index is 13.9. The molecule has 0 amide bonds. The number of nitrogens with zero attached hydrogens (tertiary/aromatic N) is 2. The van der Waals surface area contributed by atoms with Crippen molar-refractivity contribution in [2.24, 2.45) is 7.05 Å². The molecule has 0 fully saturated rings. The second-order valence-corrected chi connectivity index (χ2v) is 8.45. The van der Waals surface area contributed by atoms with Crippen LogP contribution < -0.4 is 4.57 Å². The summed E-state index contributed by atoms with van der Waals surface area (Å²) >= 11 is 0. The lowest BCUT2D eigenvalue weighted by Gasteiger charge is -2.13. The number of aryl methyl sites for hydroxylation is 2. The summed E-state index contributed by atoms with van der Waals surface area (Å²) in [7, 11) is 2.01. The van der Waals surface area contributed by atoms with Crippen molar-refractivity contribution < 1.29 is 13.4 Å². The zero-order chi connectivity index (χ0) is 21.2. The molecule has 0 spiro atoms. The molecule has 0 saturated carbocycles. The van der Waals surface area contributed by atoms with Crippen molar-refractivity contribution in [3.63, 3.8) is 0 Å². The van der Waals surface area contributed by atoms with Gasteiger partial charge in [0.15, 0.2) is 5.52 Å². The number of aromatic nitrogens is 2. The van der Waals surface area contributed by atoms with Gasteiger partial charge in [-0.2, -0.15) is 0 Å². The van der Waals surface area contributed by atoms with Crippen molar-refractivity contribution >= 4 is 32.8 Å². The lowest BCUT2D eigenvalue weighted by atomic mass is 9.93. The van der Waals surface area contributed by atoms with Crippen LogP contribution in [0, 0.1) is 19.7 Å². The SMILES string of the molecule is Cc1cc2c(oc3cc(F)ccc32)c(-c2c3ccc(C(C)C)cc3nc[n+]2C)c1C. The van der Waals surface area contributed by atoms with E-state index >= 15 is 0 Å². The summed E-state index contributed by atoms with van der Waals surface area (Å²) in [5.74, 6) is 0.143. The summed E-state index contributed by atoms with van der Waals surface area (Å²) < 4.78 is 22.1. The van der Waals surface area contributed by atoms with Gasteiger partial charge in [-0.3, -0.25) is 0 Å². The summed E-state index contributed by atoms with van der Waals surface area (Å²) in [4.78, 5) is 4.68.